The minimum Gasteiger partial charge on any atom is -0.351 e. The maximum atomic E-state index is 13.0. The molecule has 4 nitrogen and oxygen atoms in total. The molecule has 1 aliphatic rings. The lowest BCUT2D eigenvalue weighted by atomic mass is 10.1. The zero-order valence-corrected chi connectivity index (χ0v) is 10.4. The molecule has 2 aromatic heterocycles. The number of halogens is 3. The average molecular weight is 280 g/mol. The molecule has 2 aromatic rings. The van der Waals surface area contributed by atoms with Crippen molar-refractivity contribution in [2.75, 3.05) is 11.4 Å². The van der Waals surface area contributed by atoms with E-state index in [2.05, 4.69) is 15.0 Å². The second-order valence-corrected chi connectivity index (χ2v) is 4.54. The molecule has 0 spiro atoms. The van der Waals surface area contributed by atoms with Crippen LogP contribution in [0.5, 0.6) is 0 Å². The molecule has 0 bridgehead atoms. The van der Waals surface area contributed by atoms with Crippen LogP contribution in [0.4, 0.5) is 19.0 Å². The molecule has 7 heteroatoms. The fraction of sp³-hybridized carbons (Fsp3) is 0.308. The zero-order chi connectivity index (χ0) is 14.2. The highest BCUT2D eigenvalue weighted by molar-refractivity contribution is 5.50. The van der Waals surface area contributed by atoms with Gasteiger partial charge in [-0.25, -0.2) is 15.0 Å². The van der Waals surface area contributed by atoms with Gasteiger partial charge in [-0.15, -0.1) is 0 Å². The van der Waals surface area contributed by atoms with Crippen molar-refractivity contribution in [3.8, 4) is 0 Å². The molecule has 0 saturated carbocycles. The molecule has 0 aliphatic carbocycles. The summed E-state index contributed by atoms with van der Waals surface area (Å²) in [5.74, 6) is -0.0329. The van der Waals surface area contributed by atoms with Gasteiger partial charge in [0.1, 0.15) is 12.1 Å². The van der Waals surface area contributed by atoms with Crippen molar-refractivity contribution in [2.24, 2.45) is 0 Å². The highest BCUT2D eigenvalue weighted by atomic mass is 19.4. The van der Waals surface area contributed by atoms with Gasteiger partial charge in [-0.2, -0.15) is 13.2 Å². The molecule has 20 heavy (non-hydrogen) atoms. The van der Waals surface area contributed by atoms with Crippen LogP contribution in [-0.4, -0.2) is 21.5 Å². The Hall–Kier alpha value is -2.18. The van der Waals surface area contributed by atoms with Crippen molar-refractivity contribution in [1.82, 2.24) is 15.0 Å². The standard InChI is InChI=1S/C13H11F3N4/c14-13(15,16)10-2-1-4-18-12(10)20-5-3-11-9(7-20)6-17-8-19-11/h1-2,4,6,8H,3,5,7H2. The molecular formula is C13H11F3N4. The third kappa shape index (κ3) is 2.31. The molecule has 0 aromatic carbocycles. The summed E-state index contributed by atoms with van der Waals surface area (Å²) in [7, 11) is 0. The van der Waals surface area contributed by atoms with Crippen LogP contribution in [0.25, 0.3) is 0 Å². The number of pyridine rings is 1. The van der Waals surface area contributed by atoms with Crippen LogP contribution in [0.2, 0.25) is 0 Å². The SMILES string of the molecule is FC(F)(F)c1cccnc1N1CCc2ncncc2C1. The monoisotopic (exact) mass is 280 g/mol. The third-order valence-electron chi connectivity index (χ3n) is 3.25. The fourth-order valence-corrected chi connectivity index (χ4v) is 2.32. The molecule has 3 heterocycles. The molecule has 0 N–H and O–H groups in total. The van der Waals surface area contributed by atoms with E-state index in [1.165, 1.54) is 18.6 Å². The third-order valence-corrected chi connectivity index (χ3v) is 3.25. The first-order valence-electron chi connectivity index (χ1n) is 6.10. The maximum Gasteiger partial charge on any atom is 0.419 e. The Kier molecular flexibility index (Phi) is 3.04. The lowest BCUT2D eigenvalue weighted by Gasteiger charge is -2.30. The Morgan fingerprint density at radius 3 is 2.85 bits per heavy atom. The van der Waals surface area contributed by atoms with Gasteiger partial charge in [0.05, 0.1) is 11.3 Å². The number of aromatic nitrogens is 3. The molecule has 0 amide bonds. The molecule has 0 fully saturated rings. The van der Waals surface area contributed by atoms with Crippen LogP contribution >= 0.6 is 0 Å². The van der Waals surface area contributed by atoms with E-state index in [1.54, 1.807) is 11.1 Å². The largest absolute Gasteiger partial charge is 0.419 e. The summed E-state index contributed by atoms with van der Waals surface area (Å²) in [4.78, 5) is 13.6. The van der Waals surface area contributed by atoms with Crippen molar-refractivity contribution in [2.45, 2.75) is 19.1 Å². The number of rotatable bonds is 1. The summed E-state index contributed by atoms with van der Waals surface area (Å²) in [6.45, 7) is 0.806. The minimum absolute atomic E-state index is 0.0329. The van der Waals surface area contributed by atoms with E-state index in [9.17, 15) is 13.2 Å². The fourth-order valence-electron chi connectivity index (χ4n) is 2.32. The van der Waals surface area contributed by atoms with Gasteiger partial charge in [0.2, 0.25) is 0 Å². The van der Waals surface area contributed by atoms with Gasteiger partial charge in [-0.1, -0.05) is 0 Å². The van der Waals surface area contributed by atoms with E-state index in [4.69, 9.17) is 0 Å². The summed E-state index contributed by atoms with van der Waals surface area (Å²) in [5.41, 5.74) is 1.03. The highest BCUT2D eigenvalue weighted by Crippen LogP contribution is 2.36. The molecule has 1 aliphatic heterocycles. The Balaban J connectivity index is 1.96. The van der Waals surface area contributed by atoms with E-state index in [1.807, 2.05) is 0 Å². The zero-order valence-electron chi connectivity index (χ0n) is 10.4. The summed E-state index contributed by atoms with van der Waals surface area (Å²) in [5, 5.41) is 0. The smallest absolute Gasteiger partial charge is 0.351 e. The Morgan fingerprint density at radius 2 is 2.05 bits per heavy atom. The van der Waals surface area contributed by atoms with E-state index in [-0.39, 0.29) is 5.82 Å². The number of anilines is 1. The van der Waals surface area contributed by atoms with Crippen LogP contribution in [0.3, 0.4) is 0 Å². The number of fused-ring (bicyclic) bond motifs is 1. The molecule has 3 rings (SSSR count). The average Bonchev–Trinajstić information content (AvgIpc) is 2.46. The maximum absolute atomic E-state index is 13.0. The van der Waals surface area contributed by atoms with E-state index < -0.39 is 11.7 Å². The Morgan fingerprint density at radius 1 is 1.20 bits per heavy atom. The minimum atomic E-state index is -4.41. The first kappa shape index (κ1) is 12.8. The lowest BCUT2D eigenvalue weighted by Crippen LogP contribution is -2.33. The summed E-state index contributed by atoms with van der Waals surface area (Å²) >= 11 is 0. The molecule has 0 saturated heterocycles. The predicted octanol–water partition coefficient (Wildman–Crippen LogP) is 2.45. The van der Waals surface area contributed by atoms with Crippen molar-refractivity contribution >= 4 is 5.82 Å². The first-order chi connectivity index (χ1) is 9.55. The van der Waals surface area contributed by atoms with Crippen LogP contribution in [-0.2, 0) is 19.1 Å². The van der Waals surface area contributed by atoms with Crippen LogP contribution in [0.15, 0.2) is 30.9 Å². The highest BCUT2D eigenvalue weighted by Gasteiger charge is 2.36. The van der Waals surface area contributed by atoms with Crippen molar-refractivity contribution in [3.63, 3.8) is 0 Å². The molecule has 0 atom stereocenters. The summed E-state index contributed by atoms with van der Waals surface area (Å²) in [6, 6.07) is 2.35. The number of hydrogen-bond acceptors (Lipinski definition) is 4. The molecule has 104 valence electrons. The van der Waals surface area contributed by atoms with Gasteiger partial charge in [0.15, 0.2) is 0 Å². The summed E-state index contributed by atoms with van der Waals surface area (Å²) < 4.78 is 39.0. The predicted molar refractivity (Wildman–Crippen MR) is 66.0 cm³/mol. The van der Waals surface area contributed by atoms with Gasteiger partial charge in [0.25, 0.3) is 0 Å². The Bertz CT molecular complexity index is 627. The summed E-state index contributed by atoms with van der Waals surface area (Å²) in [6.07, 6.45) is 0.658. The van der Waals surface area contributed by atoms with Gasteiger partial charge in [0, 0.05) is 37.5 Å². The topological polar surface area (TPSA) is 41.9 Å². The van der Waals surface area contributed by atoms with Crippen molar-refractivity contribution in [1.29, 1.82) is 0 Å². The quantitative estimate of drug-likeness (QED) is 0.804. The van der Waals surface area contributed by atoms with E-state index in [0.717, 1.165) is 17.3 Å². The van der Waals surface area contributed by atoms with Gasteiger partial charge in [-0.3, -0.25) is 0 Å². The number of alkyl halides is 3. The number of hydrogen-bond donors (Lipinski definition) is 0. The van der Waals surface area contributed by atoms with E-state index in [0.29, 0.717) is 19.5 Å². The first-order valence-corrected chi connectivity index (χ1v) is 6.10. The Labute approximate surface area is 113 Å². The van der Waals surface area contributed by atoms with Crippen LogP contribution in [0, 0.1) is 0 Å². The second-order valence-electron chi connectivity index (χ2n) is 4.54. The van der Waals surface area contributed by atoms with Crippen LogP contribution in [0.1, 0.15) is 16.8 Å². The normalized spacial score (nSPS) is 15.1. The van der Waals surface area contributed by atoms with Crippen LogP contribution < -0.4 is 4.90 Å². The molecule has 0 unspecified atom stereocenters. The van der Waals surface area contributed by atoms with Crippen molar-refractivity contribution in [3.05, 3.63) is 47.7 Å². The number of nitrogens with zero attached hydrogens (tertiary/aromatic N) is 4. The van der Waals surface area contributed by atoms with Gasteiger partial charge >= 0.3 is 6.18 Å². The molecule has 0 radical (unpaired) electrons. The lowest BCUT2D eigenvalue weighted by molar-refractivity contribution is -0.137. The van der Waals surface area contributed by atoms with Gasteiger partial charge < -0.3 is 4.90 Å². The van der Waals surface area contributed by atoms with Gasteiger partial charge in [-0.05, 0) is 12.1 Å². The van der Waals surface area contributed by atoms with E-state index >= 15 is 0 Å². The van der Waals surface area contributed by atoms with Crippen molar-refractivity contribution < 1.29 is 13.2 Å². The molecular weight excluding hydrogens is 269 g/mol. The second kappa shape index (κ2) is 4.73.